The lowest BCUT2D eigenvalue weighted by Crippen LogP contribution is -2.34. The zero-order valence-corrected chi connectivity index (χ0v) is 11.4. The van der Waals surface area contributed by atoms with E-state index in [2.05, 4.69) is 10.3 Å². The number of anilines is 1. The normalized spacial score (nSPS) is 11.5. The molecule has 6 nitrogen and oxygen atoms in total. The maximum absolute atomic E-state index is 12.1. The van der Waals surface area contributed by atoms with Crippen LogP contribution in [-0.4, -0.2) is 24.0 Å². The summed E-state index contributed by atoms with van der Waals surface area (Å²) in [5, 5.41) is 2.60. The molecule has 0 aliphatic rings. The molecule has 1 aromatic heterocycles. The summed E-state index contributed by atoms with van der Waals surface area (Å²) in [6, 6.07) is 11.0. The fraction of sp³-hybridized carbons (Fsp3) is 0.133. The van der Waals surface area contributed by atoms with E-state index in [0.29, 0.717) is 11.3 Å². The van der Waals surface area contributed by atoms with Crippen molar-refractivity contribution in [3.63, 3.8) is 0 Å². The molecular weight excluding hydrogens is 270 g/mol. The molecule has 108 valence electrons. The predicted octanol–water partition coefficient (Wildman–Crippen LogP) is 1.31. The summed E-state index contributed by atoms with van der Waals surface area (Å²) in [6.45, 7) is 0. The Kier molecular flexibility index (Phi) is 4.50. The lowest BCUT2D eigenvalue weighted by molar-refractivity contribution is -0.143. The molecule has 2 rings (SSSR count). The van der Waals surface area contributed by atoms with E-state index >= 15 is 0 Å². The van der Waals surface area contributed by atoms with Crippen molar-refractivity contribution in [3.8, 4) is 0 Å². The van der Waals surface area contributed by atoms with Crippen LogP contribution < -0.4 is 11.1 Å². The number of carbonyl (C=O) groups excluding carboxylic acids is 2. The van der Waals surface area contributed by atoms with Crippen molar-refractivity contribution in [2.24, 2.45) is 0 Å². The molecule has 0 bridgehead atoms. The van der Waals surface area contributed by atoms with Crippen LogP contribution >= 0.6 is 0 Å². The summed E-state index contributed by atoms with van der Waals surface area (Å²) in [6.07, 6.45) is 1.38. The number of nitrogen functional groups attached to an aromatic ring is 1. The number of methoxy groups -OCH3 is 1. The monoisotopic (exact) mass is 285 g/mol. The third-order valence-electron chi connectivity index (χ3n) is 2.86. The molecule has 0 spiro atoms. The number of ether oxygens (including phenoxy) is 1. The summed E-state index contributed by atoms with van der Waals surface area (Å²) in [5.74, 6) is -1.03. The lowest BCUT2D eigenvalue weighted by atomic mass is 10.1. The Morgan fingerprint density at radius 2 is 1.90 bits per heavy atom. The highest BCUT2D eigenvalue weighted by Crippen LogP contribution is 2.15. The minimum absolute atomic E-state index is 0.175. The molecular formula is C15H15N3O3. The molecule has 1 amide bonds. The second-order valence-corrected chi connectivity index (χ2v) is 4.32. The van der Waals surface area contributed by atoms with Gasteiger partial charge in [-0.25, -0.2) is 9.78 Å². The van der Waals surface area contributed by atoms with Gasteiger partial charge in [0.25, 0.3) is 5.91 Å². The fourth-order valence-electron chi connectivity index (χ4n) is 1.79. The van der Waals surface area contributed by atoms with Gasteiger partial charge in [-0.2, -0.15) is 0 Å². The average molecular weight is 285 g/mol. The number of hydrogen-bond donors (Lipinski definition) is 2. The van der Waals surface area contributed by atoms with E-state index in [1.807, 2.05) is 6.07 Å². The van der Waals surface area contributed by atoms with E-state index in [4.69, 9.17) is 10.5 Å². The number of benzene rings is 1. The van der Waals surface area contributed by atoms with E-state index in [-0.39, 0.29) is 5.69 Å². The number of amides is 1. The van der Waals surface area contributed by atoms with Gasteiger partial charge in [0.2, 0.25) is 0 Å². The first-order valence-electron chi connectivity index (χ1n) is 6.27. The Bertz CT molecular complexity index is 626. The summed E-state index contributed by atoms with van der Waals surface area (Å²) in [7, 11) is 1.27. The first-order chi connectivity index (χ1) is 10.1. The average Bonchev–Trinajstić information content (AvgIpc) is 2.53. The molecule has 0 saturated heterocycles. The number of aromatic nitrogens is 1. The molecule has 3 N–H and O–H groups in total. The first kappa shape index (κ1) is 14.5. The van der Waals surface area contributed by atoms with Gasteiger partial charge in [-0.05, 0) is 17.7 Å². The van der Waals surface area contributed by atoms with Crippen molar-refractivity contribution >= 4 is 17.6 Å². The van der Waals surface area contributed by atoms with Gasteiger partial charge >= 0.3 is 5.97 Å². The van der Waals surface area contributed by atoms with Gasteiger partial charge in [0.05, 0.1) is 19.0 Å². The quantitative estimate of drug-likeness (QED) is 0.826. The van der Waals surface area contributed by atoms with Gasteiger partial charge in [0.15, 0.2) is 6.04 Å². The summed E-state index contributed by atoms with van der Waals surface area (Å²) >= 11 is 0. The Labute approximate surface area is 121 Å². The Morgan fingerprint density at radius 3 is 2.48 bits per heavy atom. The van der Waals surface area contributed by atoms with Gasteiger partial charge in [-0.15, -0.1) is 0 Å². The maximum atomic E-state index is 12.1. The van der Waals surface area contributed by atoms with Crippen molar-refractivity contribution in [1.29, 1.82) is 0 Å². The van der Waals surface area contributed by atoms with Crippen LogP contribution in [0.15, 0.2) is 48.7 Å². The van der Waals surface area contributed by atoms with E-state index in [1.165, 1.54) is 19.4 Å². The molecule has 0 radical (unpaired) electrons. The van der Waals surface area contributed by atoms with Crippen molar-refractivity contribution in [3.05, 3.63) is 59.9 Å². The molecule has 0 saturated carbocycles. The smallest absolute Gasteiger partial charge is 0.333 e. The third-order valence-corrected chi connectivity index (χ3v) is 2.86. The number of pyridine rings is 1. The van der Waals surface area contributed by atoms with E-state index < -0.39 is 17.9 Å². The zero-order valence-electron chi connectivity index (χ0n) is 11.4. The summed E-state index contributed by atoms with van der Waals surface area (Å²) in [5.41, 5.74) is 6.79. The number of esters is 1. The van der Waals surface area contributed by atoms with Crippen molar-refractivity contribution < 1.29 is 14.3 Å². The van der Waals surface area contributed by atoms with E-state index in [1.54, 1.807) is 30.3 Å². The number of nitrogens with one attached hydrogen (secondary N) is 1. The topological polar surface area (TPSA) is 94.3 Å². The van der Waals surface area contributed by atoms with Crippen LogP contribution in [0.1, 0.15) is 22.1 Å². The zero-order chi connectivity index (χ0) is 15.2. The van der Waals surface area contributed by atoms with Gasteiger partial charge in [0.1, 0.15) is 5.69 Å². The molecule has 0 aliphatic carbocycles. The molecule has 2 aromatic rings. The highest BCUT2D eigenvalue weighted by atomic mass is 16.5. The van der Waals surface area contributed by atoms with Crippen LogP contribution in [0, 0.1) is 0 Å². The standard InChI is InChI=1S/C15H15N3O3/c1-21-15(20)13(10-5-3-2-4-6-10)18-14(19)12-8-7-11(16)9-17-12/h2-9,13H,16H2,1H3,(H,18,19). The van der Waals surface area contributed by atoms with Gasteiger partial charge in [-0.1, -0.05) is 30.3 Å². The molecule has 1 heterocycles. The molecule has 21 heavy (non-hydrogen) atoms. The van der Waals surface area contributed by atoms with Crippen LogP contribution in [0.2, 0.25) is 0 Å². The lowest BCUT2D eigenvalue weighted by Gasteiger charge is -2.16. The highest BCUT2D eigenvalue weighted by molar-refractivity contribution is 5.95. The maximum Gasteiger partial charge on any atom is 0.333 e. The first-order valence-corrected chi connectivity index (χ1v) is 6.27. The predicted molar refractivity (Wildman–Crippen MR) is 77.3 cm³/mol. The second-order valence-electron chi connectivity index (χ2n) is 4.32. The van der Waals surface area contributed by atoms with Crippen molar-refractivity contribution in [2.45, 2.75) is 6.04 Å². The van der Waals surface area contributed by atoms with E-state index in [0.717, 1.165) is 0 Å². The molecule has 0 aliphatic heterocycles. The number of nitrogens with two attached hydrogens (primary N) is 1. The van der Waals surface area contributed by atoms with Gasteiger partial charge in [0, 0.05) is 0 Å². The van der Waals surface area contributed by atoms with Gasteiger partial charge < -0.3 is 15.8 Å². The number of rotatable bonds is 4. The second kappa shape index (κ2) is 6.51. The SMILES string of the molecule is COC(=O)C(NC(=O)c1ccc(N)cn1)c1ccccc1. The largest absolute Gasteiger partial charge is 0.467 e. The minimum atomic E-state index is -0.886. The molecule has 6 heteroatoms. The molecule has 1 unspecified atom stereocenters. The van der Waals surface area contributed by atoms with Crippen LogP contribution in [0.3, 0.4) is 0 Å². The number of carbonyl (C=O) groups is 2. The highest BCUT2D eigenvalue weighted by Gasteiger charge is 2.24. The van der Waals surface area contributed by atoms with Gasteiger partial charge in [-0.3, -0.25) is 4.79 Å². The molecule has 1 aromatic carbocycles. The molecule has 1 atom stereocenters. The summed E-state index contributed by atoms with van der Waals surface area (Å²) < 4.78 is 4.73. The van der Waals surface area contributed by atoms with Crippen LogP contribution in [0.5, 0.6) is 0 Å². The van der Waals surface area contributed by atoms with Crippen LogP contribution in [0.25, 0.3) is 0 Å². The fourth-order valence-corrected chi connectivity index (χ4v) is 1.79. The third kappa shape index (κ3) is 3.56. The van der Waals surface area contributed by atoms with Crippen molar-refractivity contribution in [2.75, 3.05) is 12.8 Å². The molecule has 0 fully saturated rings. The van der Waals surface area contributed by atoms with Crippen molar-refractivity contribution in [1.82, 2.24) is 10.3 Å². The Hall–Kier alpha value is -2.89. The minimum Gasteiger partial charge on any atom is -0.467 e. The van der Waals surface area contributed by atoms with Crippen LogP contribution in [-0.2, 0) is 9.53 Å². The van der Waals surface area contributed by atoms with E-state index in [9.17, 15) is 9.59 Å². The Morgan fingerprint density at radius 1 is 1.19 bits per heavy atom. The number of hydrogen-bond acceptors (Lipinski definition) is 5. The summed E-state index contributed by atoms with van der Waals surface area (Å²) in [4.78, 5) is 27.9. The Balaban J connectivity index is 2.21. The van der Waals surface area contributed by atoms with Crippen LogP contribution in [0.4, 0.5) is 5.69 Å². The number of nitrogens with zero attached hydrogens (tertiary/aromatic N) is 1.